The summed E-state index contributed by atoms with van der Waals surface area (Å²) in [6.45, 7) is 1.68. The lowest BCUT2D eigenvalue weighted by Crippen LogP contribution is -2.31. The van der Waals surface area contributed by atoms with Crippen LogP contribution in [-0.2, 0) is 14.8 Å². The number of carbonyl (C=O) groups is 1. The number of primary amides is 1. The molecule has 7 nitrogen and oxygen atoms in total. The van der Waals surface area contributed by atoms with E-state index in [1.165, 1.54) is 16.4 Å². The number of fused-ring (bicyclic) bond motifs is 2. The van der Waals surface area contributed by atoms with Crippen molar-refractivity contribution >= 4 is 27.0 Å². The molecule has 0 spiro atoms. The Hall–Kier alpha value is -2.91. The molecule has 2 aromatic carbocycles. The van der Waals surface area contributed by atoms with Crippen molar-refractivity contribution < 1.29 is 22.3 Å². The number of amides is 1. The van der Waals surface area contributed by atoms with Gasteiger partial charge in [-0.05, 0) is 48.4 Å². The van der Waals surface area contributed by atoms with Gasteiger partial charge in [-0.1, -0.05) is 6.07 Å². The summed E-state index contributed by atoms with van der Waals surface area (Å²) in [4.78, 5) is 14.0. The molecule has 0 fully saturated rings. The highest BCUT2D eigenvalue weighted by Gasteiger charge is 2.40. The summed E-state index contributed by atoms with van der Waals surface area (Å²) in [6.07, 6.45) is 0.832. The third kappa shape index (κ3) is 2.92. The van der Waals surface area contributed by atoms with E-state index in [1.807, 2.05) is 6.07 Å². The molecule has 1 atom stereocenters. The van der Waals surface area contributed by atoms with Gasteiger partial charge in [-0.25, -0.2) is 17.6 Å². The highest BCUT2D eigenvalue weighted by molar-refractivity contribution is 7.89. The first-order valence-corrected chi connectivity index (χ1v) is 10.1. The molecule has 1 aliphatic rings. The number of sulfonamides is 1. The lowest BCUT2D eigenvalue weighted by atomic mass is 9.99. The van der Waals surface area contributed by atoms with Crippen LogP contribution in [0.15, 0.2) is 47.5 Å². The second-order valence-electron chi connectivity index (χ2n) is 6.60. The number of carbonyl (C=O) groups excluding carboxylic acids is 1. The minimum atomic E-state index is -3.68. The van der Waals surface area contributed by atoms with Crippen LogP contribution in [0.2, 0.25) is 0 Å². The second-order valence-corrected chi connectivity index (χ2v) is 8.46. The third-order valence-corrected chi connectivity index (χ3v) is 7.03. The zero-order valence-corrected chi connectivity index (χ0v) is 15.8. The van der Waals surface area contributed by atoms with Gasteiger partial charge in [0, 0.05) is 35.2 Å². The summed E-state index contributed by atoms with van der Waals surface area (Å²) in [5.74, 6) is -0.330. The molecule has 0 aliphatic carbocycles. The number of hydrogen-bond acceptors (Lipinski definition) is 4. The van der Waals surface area contributed by atoms with E-state index in [4.69, 9.17) is 5.73 Å². The number of ether oxygens (including phenoxy) is 1. The first-order chi connectivity index (χ1) is 13.3. The average molecular weight is 403 g/mol. The van der Waals surface area contributed by atoms with Crippen LogP contribution in [0.25, 0.3) is 22.0 Å². The van der Waals surface area contributed by atoms with E-state index in [2.05, 4.69) is 9.72 Å². The second kappa shape index (κ2) is 6.61. The Morgan fingerprint density at radius 2 is 2.07 bits per heavy atom. The Morgan fingerprint density at radius 1 is 1.29 bits per heavy atom. The van der Waals surface area contributed by atoms with Gasteiger partial charge in [0.2, 0.25) is 10.0 Å². The molecule has 146 valence electrons. The number of H-pyrrole nitrogens is 1. The van der Waals surface area contributed by atoms with E-state index >= 15 is 0 Å². The first-order valence-electron chi connectivity index (χ1n) is 8.64. The van der Waals surface area contributed by atoms with Crippen LogP contribution < -0.4 is 5.73 Å². The number of benzene rings is 2. The summed E-state index contributed by atoms with van der Waals surface area (Å²) in [7, 11) is -3.68. The van der Waals surface area contributed by atoms with E-state index < -0.39 is 22.2 Å². The van der Waals surface area contributed by atoms with Crippen molar-refractivity contribution in [3.05, 3.63) is 54.0 Å². The number of nitrogens with one attached hydrogen (secondary N) is 1. The van der Waals surface area contributed by atoms with E-state index in [0.717, 1.165) is 16.5 Å². The molecule has 0 saturated heterocycles. The Bertz CT molecular complexity index is 1190. The van der Waals surface area contributed by atoms with Gasteiger partial charge >= 0.3 is 6.09 Å². The number of rotatable bonds is 4. The highest BCUT2D eigenvalue weighted by Crippen LogP contribution is 2.41. The lowest BCUT2D eigenvalue weighted by molar-refractivity contribution is 0.146. The molecule has 1 aliphatic heterocycles. The summed E-state index contributed by atoms with van der Waals surface area (Å²) < 4.78 is 45.0. The molecule has 0 radical (unpaired) electrons. The largest absolute Gasteiger partial charge is 0.448 e. The smallest absolute Gasteiger partial charge is 0.404 e. The fourth-order valence-electron chi connectivity index (χ4n) is 3.65. The Balaban J connectivity index is 1.72. The van der Waals surface area contributed by atoms with Crippen LogP contribution in [0.4, 0.5) is 9.18 Å². The molecule has 4 rings (SSSR count). The van der Waals surface area contributed by atoms with Crippen molar-refractivity contribution in [1.82, 2.24) is 9.29 Å². The lowest BCUT2D eigenvalue weighted by Gasteiger charge is -2.19. The normalized spacial score (nSPS) is 18.3. The van der Waals surface area contributed by atoms with Crippen LogP contribution in [0, 0.1) is 5.82 Å². The SMILES string of the molecule is CC1c2cc(-c3c[nH]c4cc(F)ccc34)ccc2S(=O)(=O)N1CCOC(N)=O. The van der Waals surface area contributed by atoms with Crippen molar-refractivity contribution in [2.75, 3.05) is 13.2 Å². The van der Waals surface area contributed by atoms with Crippen molar-refractivity contribution in [2.24, 2.45) is 5.73 Å². The number of aromatic amines is 1. The van der Waals surface area contributed by atoms with Crippen LogP contribution in [0.1, 0.15) is 18.5 Å². The van der Waals surface area contributed by atoms with E-state index in [-0.39, 0.29) is 23.9 Å². The minimum Gasteiger partial charge on any atom is -0.448 e. The maximum absolute atomic E-state index is 13.4. The van der Waals surface area contributed by atoms with Gasteiger partial charge in [-0.15, -0.1) is 0 Å². The Kier molecular flexibility index (Phi) is 4.35. The highest BCUT2D eigenvalue weighted by atomic mass is 32.2. The maximum atomic E-state index is 13.4. The number of aromatic nitrogens is 1. The van der Waals surface area contributed by atoms with Gasteiger partial charge in [-0.3, -0.25) is 0 Å². The van der Waals surface area contributed by atoms with Gasteiger partial charge in [0.15, 0.2) is 0 Å². The van der Waals surface area contributed by atoms with Gasteiger partial charge < -0.3 is 15.5 Å². The Labute approximate surface area is 160 Å². The molecule has 9 heteroatoms. The van der Waals surface area contributed by atoms with E-state index in [1.54, 1.807) is 31.3 Å². The molecule has 1 amide bonds. The first kappa shape index (κ1) is 18.5. The van der Waals surface area contributed by atoms with Crippen LogP contribution in [0.5, 0.6) is 0 Å². The maximum Gasteiger partial charge on any atom is 0.404 e. The van der Waals surface area contributed by atoms with Gasteiger partial charge in [-0.2, -0.15) is 4.31 Å². The predicted molar refractivity (Wildman–Crippen MR) is 102 cm³/mol. The minimum absolute atomic E-state index is 0.0167. The Morgan fingerprint density at radius 3 is 2.82 bits per heavy atom. The number of nitrogens with zero attached hydrogens (tertiary/aromatic N) is 1. The van der Waals surface area contributed by atoms with Gasteiger partial charge in [0.1, 0.15) is 12.4 Å². The third-order valence-electron chi connectivity index (χ3n) is 4.99. The standard InChI is InChI=1S/C19H18FN3O4S/c1-11-15-8-12(16-10-22-17-9-13(20)3-4-14(16)17)2-5-18(15)28(25,26)23(11)6-7-27-19(21)24/h2-5,8-11,22H,6-7H2,1H3,(H2,21,24). The molecule has 1 unspecified atom stereocenters. The summed E-state index contributed by atoms with van der Waals surface area (Å²) in [6, 6.07) is 9.22. The van der Waals surface area contributed by atoms with Crippen LogP contribution in [-0.4, -0.2) is 37.0 Å². The van der Waals surface area contributed by atoms with Crippen LogP contribution >= 0.6 is 0 Å². The monoisotopic (exact) mass is 403 g/mol. The molecule has 3 aromatic rings. The fourth-order valence-corrected chi connectivity index (χ4v) is 5.52. The summed E-state index contributed by atoms with van der Waals surface area (Å²) in [5, 5.41) is 0.849. The molecular formula is C19H18FN3O4S. The van der Waals surface area contributed by atoms with Crippen molar-refractivity contribution in [1.29, 1.82) is 0 Å². The molecule has 3 N–H and O–H groups in total. The van der Waals surface area contributed by atoms with Crippen molar-refractivity contribution in [3.8, 4) is 11.1 Å². The zero-order chi connectivity index (χ0) is 20.1. The quantitative estimate of drug-likeness (QED) is 0.698. The number of nitrogens with two attached hydrogens (primary N) is 1. The average Bonchev–Trinajstić information content (AvgIpc) is 3.13. The molecular weight excluding hydrogens is 385 g/mol. The van der Waals surface area contributed by atoms with Crippen molar-refractivity contribution in [2.45, 2.75) is 17.9 Å². The molecule has 0 saturated carbocycles. The fraction of sp³-hybridized carbons (Fsp3) is 0.211. The molecule has 28 heavy (non-hydrogen) atoms. The van der Waals surface area contributed by atoms with Crippen LogP contribution in [0.3, 0.4) is 0 Å². The molecule has 0 bridgehead atoms. The van der Waals surface area contributed by atoms with Gasteiger partial charge in [0.25, 0.3) is 0 Å². The number of hydrogen-bond donors (Lipinski definition) is 2. The van der Waals surface area contributed by atoms with Crippen molar-refractivity contribution in [3.63, 3.8) is 0 Å². The number of halogens is 1. The summed E-state index contributed by atoms with van der Waals surface area (Å²) >= 11 is 0. The van der Waals surface area contributed by atoms with E-state index in [9.17, 15) is 17.6 Å². The van der Waals surface area contributed by atoms with Gasteiger partial charge in [0.05, 0.1) is 4.90 Å². The molecule has 2 heterocycles. The summed E-state index contributed by atoms with van der Waals surface area (Å²) in [5.41, 5.74) is 7.95. The van der Waals surface area contributed by atoms with E-state index in [0.29, 0.717) is 11.1 Å². The molecule has 1 aromatic heterocycles. The topological polar surface area (TPSA) is 105 Å². The zero-order valence-electron chi connectivity index (χ0n) is 15.0. The predicted octanol–water partition coefficient (Wildman–Crippen LogP) is 3.13.